The van der Waals surface area contributed by atoms with Crippen LogP contribution in [0, 0.1) is 27.7 Å². The van der Waals surface area contributed by atoms with Gasteiger partial charge < -0.3 is 0 Å². The highest BCUT2D eigenvalue weighted by molar-refractivity contribution is 5.63. The highest BCUT2D eigenvalue weighted by Gasteiger charge is 2.18. The molecule has 1 aromatic carbocycles. The molecule has 0 radical (unpaired) electrons. The fraction of sp³-hybridized carbons (Fsp3) is 0.333. The second kappa shape index (κ2) is 4.28. The molecule has 17 heavy (non-hydrogen) atoms. The lowest BCUT2D eigenvalue weighted by Crippen LogP contribution is -2.36. The number of aryl methyl sites for hydroxylation is 4. The molecule has 0 bridgehead atoms. The lowest BCUT2D eigenvalue weighted by Gasteiger charge is -2.08. The van der Waals surface area contributed by atoms with Gasteiger partial charge in [0.25, 0.3) is 0 Å². The predicted octanol–water partition coefficient (Wildman–Crippen LogP) is 2.81. The molecule has 2 aromatic rings. The fourth-order valence-electron chi connectivity index (χ4n) is 2.21. The Morgan fingerprint density at radius 1 is 1.06 bits per heavy atom. The van der Waals surface area contributed by atoms with E-state index >= 15 is 0 Å². The molecular formula is C15H19N2+. The summed E-state index contributed by atoms with van der Waals surface area (Å²) in [6.45, 7) is 8.43. The maximum atomic E-state index is 4.46. The largest absolute Gasteiger partial charge is 0.248 e. The van der Waals surface area contributed by atoms with Crippen molar-refractivity contribution in [3.63, 3.8) is 0 Å². The summed E-state index contributed by atoms with van der Waals surface area (Å²) in [5.41, 5.74) is 7.33. The molecule has 0 spiro atoms. The van der Waals surface area contributed by atoms with Gasteiger partial charge in [0, 0.05) is 6.92 Å². The summed E-state index contributed by atoms with van der Waals surface area (Å²) in [5.74, 6) is 0. The van der Waals surface area contributed by atoms with Gasteiger partial charge in [0.15, 0.2) is 5.69 Å². The van der Waals surface area contributed by atoms with Crippen molar-refractivity contribution in [1.29, 1.82) is 0 Å². The summed E-state index contributed by atoms with van der Waals surface area (Å²) in [6, 6.07) is 6.56. The van der Waals surface area contributed by atoms with Gasteiger partial charge in [-0.15, -0.1) is 0 Å². The molecule has 0 atom stereocenters. The van der Waals surface area contributed by atoms with Crippen molar-refractivity contribution >= 4 is 0 Å². The standard InChI is InChI=1S/C15H19N2/c1-10-6-7-14(11(2)8-10)15-13(4)16-9-12(3)17(15)5/h6-9H,1-5H3/q+1. The number of rotatable bonds is 1. The van der Waals surface area contributed by atoms with Gasteiger partial charge in [-0.1, -0.05) is 17.7 Å². The minimum absolute atomic E-state index is 1.07. The van der Waals surface area contributed by atoms with Gasteiger partial charge in [-0.3, -0.25) is 0 Å². The molecule has 0 aliphatic carbocycles. The Kier molecular flexibility index (Phi) is 2.97. The summed E-state index contributed by atoms with van der Waals surface area (Å²) in [4.78, 5) is 4.46. The summed E-state index contributed by atoms with van der Waals surface area (Å²) in [7, 11) is 2.10. The average Bonchev–Trinajstić information content (AvgIpc) is 2.27. The molecule has 0 fully saturated rings. The lowest BCUT2D eigenvalue weighted by molar-refractivity contribution is -0.667. The third kappa shape index (κ3) is 2.07. The number of hydrogen-bond acceptors (Lipinski definition) is 1. The molecule has 0 aliphatic rings. The molecule has 1 heterocycles. The van der Waals surface area contributed by atoms with Crippen LogP contribution in [0.25, 0.3) is 11.3 Å². The first-order valence-electron chi connectivity index (χ1n) is 5.90. The number of hydrogen-bond donors (Lipinski definition) is 0. The van der Waals surface area contributed by atoms with Crippen molar-refractivity contribution in [2.75, 3.05) is 0 Å². The van der Waals surface area contributed by atoms with E-state index in [0.29, 0.717) is 0 Å². The van der Waals surface area contributed by atoms with Crippen LogP contribution >= 0.6 is 0 Å². The summed E-state index contributed by atoms with van der Waals surface area (Å²) in [6.07, 6.45) is 1.92. The molecule has 0 saturated carbocycles. The van der Waals surface area contributed by atoms with Crippen LogP contribution in [0.2, 0.25) is 0 Å². The van der Waals surface area contributed by atoms with Crippen LogP contribution in [0.1, 0.15) is 22.5 Å². The zero-order valence-electron chi connectivity index (χ0n) is 11.2. The summed E-state index contributed by atoms with van der Waals surface area (Å²) in [5, 5.41) is 0. The molecule has 2 heteroatoms. The molecule has 88 valence electrons. The Morgan fingerprint density at radius 3 is 2.41 bits per heavy atom. The predicted molar refractivity (Wildman–Crippen MR) is 69.8 cm³/mol. The second-order valence-electron chi connectivity index (χ2n) is 4.71. The molecule has 0 amide bonds. The molecule has 0 saturated heterocycles. The number of aromatic nitrogens is 2. The van der Waals surface area contributed by atoms with Crippen LogP contribution in [0.3, 0.4) is 0 Å². The van der Waals surface area contributed by atoms with Crippen molar-refractivity contribution in [3.05, 3.63) is 46.9 Å². The van der Waals surface area contributed by atoms with Crippen molar-refractivity contribution in [2.24, 2.45) is 7.05 Å². The van der Waals surface area contributed by atoms with Gasteiger partial charge in [-0.2, -0.15) is 4.57 Å². The lowest BCUT2D eigenvalue weighted by atomic mass is 10.0. The first-order chi connectivity index (χ1) is 8.00. The van der Waals surface area contributed by atoms with E-state index in [-0.39, 0.29) is 0 Å². The molecular weight excluding hydrogens is 208 g/mol. The third-order valence-corrected chi connectivity index (χ3v) is 3.29. The topological polar surface area (TPSA) is 16.8 Å². The minimum Gasteiger partial charge on any atom is -0.248 e. The van der Waals surface area contributed by atoms with Crippen LogP contribution in [-0.2, 0) is 7.05 Å². The van der Waals surface area contributed by atoms with E-state index in [1.807, 2.05) is 6.20 Å². The molecule has 1 aromatic heterocycles. The Balaban J connectivity index is 2.72. The third-order valence-electron chi connectivity index (χ3n) is 3.29. The van der Waals surface area contributed by atoms with E-state index < -0.39 is 0 Å². The monoisotopic (exact) mass is 227 g/mol. The van der Waals surface area contributed by atoms with Gasteiger partial charge in [0.05, 0.1) is 11.8 Å². The fourth-order valence-corrected chi connectivity index (χ4v) is 2.21. The molecule has 2 nitrogen and oxygen atoms in total. The van der Waals surface area contributed by atoms with E-state index in [1.54, 1.807) is 0 Å². The number of nitrogens with zero attached hydrogens (tertiary/aromatic N) is 2. The zero-order valence-corrected chi connectivity index (χ0v) is 11.2. The van der Waals surface area contributed by atoms with Gasteiger partial charge in [0.1, 0.15) is 12.7 Å². The van der Waals surface area contributed by atoms with Gasteiger partial charge in [-0.05, 0) is 32.4 Å². The van der Waals surface area contributed by atoms with Crippen molar-refractivity contribution < 1.29 is 4.57 Å². The van der Waals surface area contributed by atoms with Crippen LogP contribution < -0.4 is 4.57 Å². The maximum Gasteiger partial charge on any atom is 0.234 e. The first kappa shape index (κ1) is 11.8. The quantitative estimate of drug-likeness (QED) is 0.685. The Hall–Kier alpha value is -1.70. The Labute approximate surface area is 103 Å². The molecule has 0 unspecified atom stereocenters. The molecule has 0 N–H and O–H groups in total. The van der Waals surface area contributed by atoms with Gasteiger partial charge in [-0.25, -0.2) is 4.98 Å². The van der Waals surface area contributed by atoms with Gasteiger partial charge >= 0.3 is 0 Å². The first-order valence-corrected chi connectivity index (χ1v) is 5.90. The maximum absolute atomic E-state index is 4.46. The van der Waals surface area contributed by atoms with E-state index in [1.165, 1.54) is 28.1 Å². The second-order valence-corrected chi connectivity index (χ2v) is 4.71. The summed E-state index contributed by atoms with van der Waals surface area (Å²) < 4.78 is 2.21. The van der Waals surface area contributed by atoms with Crippen molar-refractivity contribution in [3.8, 4) is 11.3 Å². The SMILES string of the molecule is Cc1ccc(-c2c(C)ncc(C)[n+]2C)c(C)c1. The van der Waals surface area contributed by atoms with Crippen LogP contribution in [0.15, 0.2) is 24.4 Å². The van der Waals surface area contributed by atoms with Gasteiger partial charge in [0.2, 0.25) is 5.69 Å². The van der Waals surface area contributed by atoms with E-state index in [4.69, 9.17) is 0 Å². The van der Waals surface area contributed by atoms with E-state index in [2.05, 4.69) is 62.5 Å². The van der Waals surface area contributed by atoms with Crippen molar-refractivity contribution in [2.45, 2.75) is 27.7 Å². The highest BCUT2D eigenvalue weighted by Crippen LogP contribution is 2.23. The van der Waals surface area contributed by atoms with E-state index in [9.17, 15) is 0 Å². The van der Waals surface area contributed by atoms with Crippen LogP contribution in [0.4, 0.5) is 0 Å². The van der Waals surface area contributed by atoms with Crippen molar-refractivity contribution in [1.82, 2.24) is 4.98 Å². The highest BCUT2D eigenvalue weighted by atomic mass is 15.0. The summed E-state index contributed by atoms with van der Waals surface area (Å²) >= 11 is 0. The molecule has 0 aliphatic heterocycles. The normalized spacial score (nSPS) is 10.6. The minimum atomic E-state index is 1.07. The molecule has 2 rings (SSSR count). The average molecular weight is 227 g/mol. The Bertz CT molecular complexity index is 571. The number of benzene rings is 1. The van der Waals surface area contributed by atoms with Crippen LogP contribution in [0.5, 0.6) is 0 Å². The smallest absolute Gasteiger partial charge is 0.234 e. The Morgan fingerprint density at radius 2 is 1.76 bits per heavy atom. The zero-order chi connectivity index (χ0) is 12.6. The van der Waals surface area contributed by atoms with E-state index in [0.717, 1.165) is 5.69 Å². The van der Waals surface area contributed by atoms with Crippen LogP contribution in [-0.4, -0.2) is 4.98 Å².